The number of fused-ring (bicyclic) bond motifs is 1. The van der Waals surface area contributed by atoms with Crippen molar-refractivity contribution in [3.8, 4) is 22.5 Å². The minimum atomic E-state index is -0.710. The van der Waals surface area contributed by atoms with Gasteiger partial charge in [0.15, 0.2) is 11.5 Å². The fourth-order valence-corrected chi connectivity index (χ4v) is 4.27. The second kappa shape index (κ2) is 10.4. The number of amides is 1. The molecule has 1 fully saturated rings. The number of benzene rings is 2. The molecular weight excluding hydrogens is 424 g/mol. The van der Waals surface area contributed by atoms with Crippen molar-refractivity contribution in [3.63, 3.8) is 0 Å². The molecule has 7 heteroatoms. The maximum Gasteiger partial charge on any atom is 0.271 e. The second-order valence-corrected chi connectivity index (χ2v) is 8.70. The van der Waals surface area contributed by atoms with Crippen LogP contribution in [0.3, 0.4) is 0 Å². The van der Waals surface area contributed by atoms with Gasteiger partial charge in [0.2, 0.25) is 0 Å². The Kier molecular flexibility index (Phi) is 7.13. The molecule has 0 radical (unpaired) electrons. The van der Waals surface area contributed by atoms with Crippen LogP contribution in [0.1, 0.15) is 36.2 Å². The molecule has 2 aromatic heterocycles. The second-order valence-electron chi connectivity index (χ2n) is 8.70. The number of nitrogens with two attached hydrogens (primary N) is 2. The first-order valence-corrected chi connectivity index (χ1v) is 11.5. The summed E-state index contributed by atoms with van der Waals surface area (Å²) in [6, 6.07) is 20.1. The van der Waals surface area contributed by atoms with E-state index >= 15 is 0 Å². The molecule has 2 aromatic carbocycles. The Morgan fingerprint density at radius 3 is 2.26 bits per heavy atom. The third-order valence-electron chi connectivity index (χ3n) is 6.13. The number of nitrogens with zero attached hydrogens (tertiary/aromatic N) is 4. The van der Waals surface area contributed by atoms with Gasteiger partial charge in [0.05, 0.1) is 16.9 Å². The van der Waals surface area contributed by atoms with E-state index in [4.69, 9.17) is 11.5 Å². The number of rotatable bonds is 4. The molecule has 4 N–H and O–H groups in total. The van der Waals surface area contributed by atoms with Crippen LogP contribution in [0, 0.1) is 0 Å². The molecule has 1 saturated carbocycles. The minimum Gasteiger partial charge on any atom is -0.382 e. The highest BCUT2D eigenvalue weighted by Crippen LogP contribution is 2.32. The number of hydrogen-bond acceptors (Lipinski definition) is 6. The lowest BCUT2D eigenvalue weighted by molar-refractivity contribution is 0.0996. The van der Waals surface area contributed by atoms with Crippen molar-refractivity contribution in [3.05, 3.63) is 72.6 Å². The fraction of sp³-hybridized carbons (Fsp3) is 0.259. The Bertz CT molecular complexity index is 1280. The normalized spacial score (nSPS) is 13.6. The highest BCUT2D eigenvalue weighted by atomic mass is 16.1. The number of pyridine rings is 1. The van der Waals surface area contributed by atoms with Crippen LogP contribution in [-0.4, -0.2) is 45.9 Å². The number of aromatic nitrogens is 3. The van der Waals surface area contributed by atoms with Gasteiger partial charge in [-0.2, -0.15) is 0 Å². The molecule has 174 valence electrons. The Balaban J connectivity index is 0.000000291. The van der Waals surface area contributed by atoms with Gasteiger partial charge in [0, 0.05) is 28.8 Å². The lowest BCUT2D eigenvalue weighted by Gasteiger charge is -2.17. The standard InChI is InChI=1S/C20H15N5O.C7H15N/c21-19-18(20(22)26)24-17(16(25-19)12-5-2-1-3-6-12)14-8-9-15-13(11-14)7-4-10-23-15;1-8(2)7-5-3-4-6-7/h1-11H,(H2,21,25)(H2,22,26);7H,3-6H2,1-2H3. The van der Waals surface area contributed by atoms with E-state index in [1.54, 1.807) is 6.20 Å². The number of hydrogen-bond donors (Lipinski definition) is 2. The predicted octanol–water partition coefficient (Wildman–Crippen LogP) is 4.53. The summed E-state index contributed by atoms with van der Waals surface area (Å²) in [4.78, 5) is 27.2. The van der Waals surface area contributed by atoms with Gasteiger partial charge in [-0.1, -0.05) is 55.3 Å². The van der Waals surface area contributed by atoms with Crippen molar-refractivity contribution in [2.24, 2.45) is 5.73 Å². The van der Waals surface area contributed by atoms with Gasteiger partial charge in [-0.25, -0.2) is 9.97 Å². The first-order valence-electron chi connectivity index (χ1n) is 11.5. The molecule has 1 aliphatic rings. The van der Waals surface area contributed by atoms with Gasteiger partial charge in [-0.3, -0.25) is 9.78 Å². The molecule has 0 unspecified atom stereocenters. The molecule has 1 amide bonds. The van der Waals surface area contributed by atoms with Crippen molar-refractivity contribution in [1.82, 2.24) is 19.9 Å². The Morgan fingerprint density at radius 2 is 1.62 bits per heavy atom. The molecule has 0 saturated heterocycles. The number of nitrogen functional groups attached to an aromatic ring is 1. The Labute approximate surface area is 199 Å². The molecule has 0 aliphatic heterocycles. The lowest BCUT2D eigenvalue weighted by atomic mass is 10.0. The molecule has 2 heterocycles. The summed E-state index contributed by atoms with van der Waals surface area (Å²) < 4.78 is 0. The van der Waals surface area contributed by atoms with Crippen molar-refractivity contribution in [2.45, 2.75) is 31.7 Å². The predicted molar refractivity (Wildman–Crippen MR) is 137 cm³/mol. The summed E-state index contributed by atoms with van der Waals surface area (Å²) in [7, 11) is 4.35. The summed E-state index contributed by atoms with van der Waals surface area (Å²) in [5, 5.41) is 0.961. The van der Waals surface area contributed by atoms with E-state index in [1.165, 1.54) is 25.7 Å². The molecule has 1 aliphatic carbocycles. The minimum absolute atomic E-state index is 0.0163. The molecule has 4 aromatic rings. The molecule has 0 spiro atoms. The summed E-state index contributed by atoms with van der Waals surface area (Å²) >= 11 is 0. The molecular formula is C27H30N6O. The largest absolute Gasteiger partial charge is 0.382 e. The zero-order valence-electron chi connectivity index (χ0n) is 19.6. The van der Waals surface area contributed by atoms with Crippen LogP contribution in [0.5, 0.6) is 0 Å². The third-order valence-corrected chi connectivity index (χ3v) is 6.13. The Hall–Kier alpha value is -3.84. The quantitative estimate of drug-likeness (QED) is 0.469. The fourth-order valence-electron chi connectivity index (χ4n) is 4.27. The van der Waals surface area contributed by atoms with Crippen molar-refractivity contribution >= 4 is 22.6 Å². The van der Waals surface area contributed by atoms with Crippen LogP contribution in [0.15, 0.2) is 66.9 Å². The van der Waals surface area contributed by atoms with Gasteiger partial charge in [-0.05, 0) is 45.1 Å². The number of primary amides is 1. The van der Waals surface area contributed by atoms with Crippen LogP contribution in [-0.2, 0) is 0 Å². The van der Waals surface area contributed by atoms with Crippen molar-refractivity contribution in [1.29, 1.82) is 0 Å². The van der Waals surface area contributed by atoms with Gasteiger partial charge >= 0.3 is 0 Å². The average molecular weight is 455 g/mol. The highest BCUT2D eigenvalue weighted by molar-refractivity contribution is 5.97. The average Bonchev–Trinajstić information content (AvgIpc) is 3.40. The van der Waals surface area contributed by atoms with Crippen LogP contribution in [0.4, 0.5) is 5.82 Å². The first kappa shape index (κ1) is 23.3. The zero-order chi connectivity index (χ0) is 24.1. The molecule has 0 atom stereocenters. The summed E-state index contributed by atoms with van der Waals surface area (Å²) in [5.41, 5.74) is 15.0. The maximum absolute atomic E-state index is 11.7. The maximum atomic E-state index is 11.7. The summed E-state index contributed by atoms with van der Waals surface area (Å²) in [6.45, 7) is 0. The van der Waals surface area contributed by atoms with E-state index in [1.807, 2.05) is 60.7 Å². The molecule has 5 rings (SSSR count). The van der Waals surface area contributed by atoms with Gasteiger partial charge in [0.25, 0.3) is 5.91 Å². The van der Waals surface area contributed by atoms with Gasteiger partial charge < -0.3 is 16.4 Å². The van der Waals surface area contributed by atoms with E-state index < -0.39 is 5.91 Å². The highest BCUT2D eigenvalue weighted by Gasteiger charge is 2.18. The topological polar surface area (TPSA) is 111 Å². The zero-order valence-corrected chi connectivity index (χ0v) is 19.6. The van der Waals surface area contributed by atoms with Crippen LogP contribution in [0.2, 0.25) is 0 Å². The SMILES string of the molecule is CN(C)C1CCCC1.NC(=O)c1nc(-c2ccc3ncccc3c2)c(-c2ccccc2)nc1N. The first-order chi connectivity index (χ1) is 16.4. The molecule has 7 nitrogen and oxygen atoms in total. The summed E-state index contributed by atoms with van der Waals surface area (Å²) in [5.74, 6) is -0.694. The third kappa shape index (κ3) is 5.21. The van der Waals surface area contributed by atoms with Crippen LogP contribution in [0.25, 0.3) is 33.4 Å². The number of carbonyl (C=O) groups is 1. The van der Waals surface area contributed by atoms with E-state index in [2.05, 4.69) is 33.9 Å². The monoisotopic (exact) mass is 454 g/mol. The number of carbonyl (C=O) groups excluding carboxylic acids is 1. The van der Waals surface area contributed by atoms with E-state index in [9.17, 15) is 4.79 Å². The van der Waals surface area contributed by atoms with Gasteiger partial charge in [-0.15, -0.1) is 0 Å². The molecule has 0 bridgehead atoms. The van der Waals surface area contributed by atoms with E-state index in [0.29, 0.717) is 11.4 Å². The van der Waals surface area contributed by atoms with Crippen LogP contribution >= 0.6 is 0 Å². The molecule has 34 heavy (non-hydrogen) atoms. The summed E-state index contributed by atoms with van der Waals surface area (Å²) in [6.07, 6.45) is 7.48. The van der Waals surface area contributed by atoms with E-state index in [-0.39, 0.29) is 11.5 Å². The van der Waals surface area contributed by atoms with E-state index in [0.717, 1.165) is 28.1 Å². The smallest absolute Gasteiger partial charge is 0.271 e. The van der Waals surface area contributed by atoms with Crippen molar-refractivity contribution in [2.75, 3.05) is 19.8 Å². The van der Waals surface area contributed by atoms with Crippen LogP contribution < -0.4 is 11.5 Å². The van der Waals surface area contributed by atoms with Gasteiger partial charge in [0.1, 0.15) is 0 Å². The Morgan fingerprint density at radius 1 is 0.912 bits per heavy atom. The van der Waals surface area contributed by atoms with Crippen molar-refractivity contribution < 1.29 is 4.79 Å². The lowest BCUT2D eigenvalue weighted by Crippen LogP contribution is -2.23. The number of anilines is 1.